The predicted molar refractivity (Wildman–Crippen MR) is 90.4 cm³/mol. The van der Waals surface area contributed by atoms with Gasteiger partial charge in [0.1, 0.15) is 0 Å². The Balaban J connectivity index is 1.40. The molecule has 2 saturated heterocycles. The number of hydrogen-bond donors (Lipinski definition) is 1. The fourth-order valence-corrected chi connectivity index (χ4v) is 3.84. The Morgan fingerprint density at radius 1 is 1.29 bits per heavy atom. The van der Waals surface area contributed by atoms with Crippen LogP contribution in [0.3, 0.4) is 0 Å². The normalized spacial score (nSPS) is 23.7. The number of nitrogens with zero attached hydrogens (tertiary/aromatic N) is 6. The first kappa shape index (κ1) is 17.3. The van der Waals surface area contributed by atoms with Crippen molar-refractivity contribution in [3.8, 4) is 0 Å². The minimum absolute atomic E-state index is 0.230. The monoisotopic (exact) mass is 335 g/mol. The number of rotatable bonds is 6. The van der Waals surface area contributed by atoms with Crippen LogP contribution in [-0.4, -0.2) is 93.6 Å². The van der Waals surface area contributed by atoms with Crippen LogP contribution >= 0.6 is 0 Å². The molecule has 1 atom stereocenters. The molecule has 1 aromatic rings. The molecule has 134 valence electrons. The van der Waals surface area contributed by atoms with E-state index in [4.69, 9.17) is 0 Å². The number of amides is 1. The topological polar surface area (TPSA) is 81.2 Å². The Labute approximate surface area is 143 Å². The number of likely N-dealkylation sites (N-methyl/N-ethyl adjacent to an activating group) is 1. The molecule has 3 rings (SSSR count). The molecule has 0 bridgehead atoms. The van der Waals surface area contributed by atoms with Crippen molar-refractivity contribution >= 4 is 5.91 Å². The van der Waals surface area contributed by atoms with Gasteiger partial charge >= 0.3 is 0 Å². The molecule has 0 spiro atoms. The second-order valence-electron chi connectivity index (χ2n) is 7.16. The minimum Gasteiger partial charge on any atom is -0.341 e. The number of aryl methyl sites for hydroxylation is 1. The number of carbonyl (C=O) groups is 1. The lowest BCUT2D eigenvalue weighted by Gasteiger charge is -2.35. The Kier molecular flexibility index (Phi) is 5.78. The maximum absolute atomic E-state index is 12.4. The zero-order chi connectivity index (χ0) is 16.9. The molecule has 1 N–H and O–H groups in total. The van der Waals surface area contributed by atoms with Gasteiger partial charge in [-0.1, -0.05) is 5.21 Å². The molecule has 3 heterocycles. The van der Waals surface area contributed by atoms with Crippen LogP contribution in [0.25, 0.3) is 0 Å². The summed E-state index contributed by atoms with van der Waals surface area (Å²) in [5.41, 5.74) is 0. The summed E-state index contributed by atoms with van der Waals surface area (Å²) >= 11 is 0. The second-order valence-corrected chi connectivity index (χ2v) is 7.16. The molecule has 2 aliphatic heterocycles. The molecular formula is C16H29N7O. The van der Waals surface area contributed by atoms with Crippen LogP contribution in [0.4, 0.5) is 0 Å². The van der Waals surface area contributed by atoms with E-state index in [1.54, 1.807) is 0 Å². The molecule has 8 nitrogen and oxygen atoms in total. The number of nitrogens with one attached hydrogen (secondary N) is 1. The fourth-order valence-electron chi connectivity index (χ4n) is 3.84. The molecule has 2 aliphatic rings. The van der Waals surface area contributed by atoms with Gasteiger partial charge in [0.2, 0.25) is 5.91 Å². The van der Waals surface area contributed by atoms with E-state index >= 15 is 0 Å². The standard InChI is InChI=1S/C16H29N7O/c1-21-9-6-13(7-10-21)23-11-8-14(12-23)22(2)16(24)5-3-4-15-17-19-20-18-15/h13-14H,3-12H2,1-2H3,(H,17,18,19,20). The highest BCUT2D eigenvalue weighted by atomic mass is 16.2. The lowest BCUT2D eigenvalue weighted by atomic mass is 10.0. The minimum atomic E-state index is 0.230. The zero-order valence-electron chi connectivity index (χ0n) is 14.8. The van der Waals surface area contributed by atoms with E-state index in [0.29, 0.717) is 30.7 Å². The van der Waals surface area contributed by atoms with E-state index in [-0.39, 0.29) is 5.91 Å². The highest BCUT2D eigenvalue weighted by Crippen LogP contribution is 2.23. The summed E-state index contributed by atoms with van der Waals surface area (Å²) in [6.45, 7) is 4.54. The second kappa shape index (κ2) is 8.02. The number of hydrogen-bond acceptors (Lipinski definition) is 6. The molecule has 1 aromatic heterocycles. The van der Waals surface area contributed by atoms with Gasteiger partial charge < -0.3 is 9.80 Å². The SMILES string of the molecule is CN1CCC(N2CCC(N(C)C(=O)CCCc3nn[nH]n3)C2)CC1. The number of piperidine rings is 1. The number of aromatic nitrogens is 4. The van der Waals surface area contributed by atoms with Gasteiger partial charge in [0.25, 0.3) is 0 Å². The van der Waals surface area contributed by atoms with Crippen molar-refractivity contribution in [2.75, 3.05) is 40.3 Å². The average Bonchev–Trinajstić information content (AvgIpc) is 3.26. The van der Waals surface area contributed by atoms with Crippen molar-refractivity contribution in [3.05, 3.63) is 5.82 Å². The molecule has 8 heteroatoms. The fraction of sp³-hybridized carbons (Fsp3) is 0.875. The third kappa shape index (κ3) is 4.30. The van der Waals surface area contributed by atoms with E-state index in [0.717, 1.165) is 25.9 Å². The smallest absolute Gasteiger partial charge is 0.222 e. The van der Waals surface area contributed by atoms with Gasteiger partial charge in [-0.05, 0) is 45.8 Å². The number of aromatic amines is 1. The molecule has 2 fully saturated rings. The van der Waals surface area contributed by atoms with Gasteiger partial charge in [-0.15, -0.1) is 10.2 Å². The summed E-state index contributed by atoms with van der Waals surface area (Å²) in [5, 5.41) is 13.8. The van der Waals surface area contributed by atoms with Gasteiger partial charge in [0, 0.05) is 45.1 Å². The van der Waals surface area contributed by atoms with Crippen LogP contribution in [0.15, 0.2) is 0 Å². The molecule has 24 heavy (non-hydrogen) atoms. The van der Waals surface area contributed by atoms with Gasteiger partial charge in [-0.25, -0.2) is 0 Å². The van der Waals surface area contributed by atoms with Crippen molar-refractivity contribution in [3.63, 3.8) is 0 Å². The Hall–Kier alpha value is -1.54. The van der Waals surface area contributed by atoms with E-state index in [2.05, 4.69) is 37.5 Å². The highest BCUT2D eigenvalue weighted by Gasteiger charge is 2.33. The van der Waals surface area contributed by atoms with Gasteiger partial charge in [0.15, 0.2) is 5.82 Å². The maximum Gasteiger partial charge on any atom is 0.222 e. The quantitative estimate of drug-likeness (QED) is 0.797. The highest BCUT2D eigenvalue weighted by molar-refractivity contribution is 5.76. The van der Waals surface area contributed by atoms with Gasteiger partial charge in [-0.3, -0.25) is 9.69 Å². The Bertz CT molecular complexity index is 513. The summed E-state index contributed by atoms with van der Waals surface area (Å²) in [5.74, 6) is 0.911. The first-order chi connectivity index (χ1) is 11.6. The van der Waals surface area contributed by atoms with Crippen LogP contribution in [-0.2, 0) is 11.2 Å². The largest absolute Gasteiger partial charge is 0.341 e. The maximum atomic E-state index is 12.4. The average molecular weight is 335 g/mol. The van der Waals surface area contributed by atoms with Crippen molar-refractivity contribution in [1.82, 2.24) is 35.3 Å². The third-order valence-corrected chi connectivity index (χ3v) is 5.52. The summed E-state index contributed by atoms with van der Waals surface area (Å²) < 4.78 is 0. The van der Waals surface area contributed by atoms with E-state index < -0.39 is 0 Å². The van der Waals surface area contributed by atoms with Crippen LogP contribution in [0, 0.1) is 0 Å². The summed E-state index contributed by atoms with van der Waals surface area (Å²) in [6.07, 6.45) is 5.63. The molecule has 1 unspecified atom stereocenters. The molecule has 0 saturated carbocycles. The van der Waals surface area contributed by atoms with Gasteiger partial charge in [-0.2, -0.15) is 5.21 Å². The first-order valence-corrected chi connectivity index (χ1v) is 9.04. The number of H-pyrrole nitrogens is 1. The molecule has 0 aromatic carbocycles. The number of likely N-dealkylation sites (tertiary alicyclic amines) is 2. The van der Waals surface area contributed by atoms with E-state index in [9.17, 15) is 4.79 Å². The van der Waals surface area contributed by atoms with Crippen molar-refractivity contribution in [1.29, 1.82) is 0 Å². The van der Waals surface area contributed by atoms with Crippen LogP contribution in [0.1, 0.15) is 37.9 Å². The first-order valence-electron chi connectivity index (χ1n) is 9.04. The third-order valence-electron chi connectivity index (χ3n) is 5.52. The van der Waals surface area contributed by atoms with Crippen LogP contribution < -0.4 is 0 Å². The molecule has 0 aliphatic carbocycles. The molecular weight excluding hydrogens is 306 g/mol. The summed E-state index contributed by atoms with van der Waals surface area (Å²) in [4.78, 5) is 19.4. The van der Waals surface area contributed by atoms with Crippen molar-refractivity contribution in [2.24, 2.45) is 0 Å². The Morgan fingerprint density at radius 2 is 2.08 bits per heavy atom. The lowest BCUT2D eigenvalue weighted by molar-refractivity contribution is -0.131. The van der Waals surface area contributed by atoms with Gasteiger partial charge in [0.05, 0.1) is 0 Å². The lowest BCUT2D eigenvalue weighted by Crippen LogP contribution is -2.45. The van der Waals surface area contributed by atoms with E-state index in [1.807, 2.05) is 11.9 Å². The van der Waals surface area contributed by atoms with Crippen molar-refractivity contribution in [2.45, 2.75) is 50.6 Å². The molecule has 1 amide bonds. The summed E-state index contributed by atoms with van der Waals surface area (Å²) in [7, 11) is 4.16. The van der Waals surface area contributed by atoms with E-state index in [1.165, 1.54) is 25.9 Å². The van der Waals surface area contributed by atoms with Crippen LogP contribution in [0.2, 0.25) is 0 Å². The summed E-state index contributed by atoms with van der Waals surface area (Å²) in [6, 6.07) is 1.07. The van der Waals surface area contributed by atoms with Crippen molar-refractivity contribution < 1.29 is 4.79 Å². The number of tetrazole rings is 1. The molecule has 0 radical (unpaired) electrons. The Morgan fingerprint density at radius 3 is 2.79 bits per heavy atom. The van der Waals surface area contributed by atoms with Crippen LogP contribution in [0.5, 0.6) is 0 Å². The number of carbonyl (C=O) groups excluding carboxylic acids is 1. The zero-order valence-corrected chi connectivity index (χ0v) is 14.8. The predicted octanol–water partition coefficient (Wildman–Crippen LogP) is 0.149.